The first-order valence-corrected chi connectivity index (χ1v) is 10.5. The number of imidazole rings is 1. The van der Waals surface area contributed by atoms with E-state index in [0.717, 1.165) is 48.4 Å². The van der Waals surface area contributed by atoms with E-state index in [0.29, 0.717) is 17.1 Å². The number of carbonyl (C=O) groups is 1. The Morgan fingerprint density at radius 2 is 1.71 bits per heavy atom. The quantitative estimate of drug-likeness (QED) is 0.573. The smallest absolute Gasteiger partial charge is 0.475 e. The number of aliphatic carboxylic acids is 1. The molecule has 34 heavy (non-hydrogen) atoms. The Balaban J connectivity index is 0.000000406. The van der Waals surface area contributed by atoms with Gasteiger partial charge in [0.05, 0.1) is 5.69 Å². The van der Waals surface area contributed by atoms with Gasteiger partial charge in [-0.3, -0.25) is 18.5 Å². The lowest BCUT2D eigenvalue weighted by Crippen LogP contribution is -2.44. The minimum absolute atomic E-state index is 0.326. The molecule has 184 valence electrons. The molecule has 2 N–H and O–H groups in total. The zero-order valence-corrected chi connectivity index (χ0v) is 18.9. The van der Waals surface area contributed by atoms with E-state index >= 15 is 0 Å². The summed E-state index contributed by atoms with van der Waals surface area (Å²) in [5, 5.41) is 10.5. The van der Waals surface area contributed by atoms with Crippen molar-refractivity contribution in [1.82, 2.24) is 24.0 Å². The van der Waals surface area contributed by atoms with Crippen molar-refractivity contribution in [3.8, 4) is 5.69 Å². The summed E-state index contributed by atoms with van der Waals surface area (Å²) in [6.45, 7) is 5.40. The van der Waals surface area contributed by atoms with Crippen molar-refractivity contribution < 1.29 is 23.1 Å². The summed E-state index contributed by atoms with van der Waals surface area (Å²) in [5.74, 6) is -2.04. The average Bonchev–Trinajstić information content (AvgIpc) is 3.22. The molecule has 0 aliphatic carbocycles. The van der Waals surface area contributed by atoms with Crippen LogP contribution in [0.3, 0.4) is 0 Å². The molecule has 1 aliphatic rings. The van der Waals surface area contributed by atoms with Crippen molar-refractivity contribution >= 4 is 23.1 Å². The van der Waals surface area contributed by atoms with Crippen molar-refractivity contribution in [2.45, 2.75) is 19.5 Å². The third-order valence-electron chi connectivity index (χ3n) is 5.50. The molecule has 1 aliphatic heterocycles. The van der Waals surface area contributed by atoms with E-state index in [9.17, 15) is 22.8 Å². The lowest BCUT2D eigenvalue weighted by molar-refractivity contribution is -0.192. The highest BCUT2D eigenvalue weighted by atomic mass is 19.4. The number of para-hydroxylation sites is 1. The Bertz CT molecular complexity index is 1320. The van der Waals surface area contributed by atoms with Crippen LogP contribution in [0, 0.1) is 0 Å². The van der Waals surface area contributed by atoms with Crippen LogP contribution in [0.25, 0.3) is 16.9 Å². The first kappa shape index (κ1) is 25.0. The predicted molar refractivity (Wildman–Crippen MR) is 120 cm³/mol. The molecule has 0 bridgehead atoms. The number of anilines is 1. The topological polar surface area (TPSA) is 114 Å². The number of benzene rings is 1. The fraction of sp³-hybridized carbons (Fsp3) is 0.429. The summed E-state index contributed by atoms with van der Waals surface area (Å²) >= 11 is 0. The molecule has 3 aromatic rings. The Hall–Kier alpha value is -3.61. The number of piperazine rings is 1. The minimum Gasteiger partial charge on any atom is -0.475 e. The van der Waals surface area contributed by atoms with Gasteiger partial charge in [-0.2, -0.15) is 18.2 Å². The molecule has 1 fully saturated rings. The Labute approximate surface area is 191 Å². The molecule has 1 saturated heterocycles. The third kappa shape index (κ3) is 4.69. The standard InChI is InChI=1S/C19H24N6O2.C2HF3O2/c1-4-13-7-5-6-8-14(13)25-15-16(22(2)19(27)23(3)17(15)26)21-18(25)24-11-9-20-10-12-24;3-2(4,5)1(6)7/h5-8,20H,4,9-12H2,1-3H3;(H,6,7). The molecule has 13 heteroatoms. The molecule has 0 atom stereocenters. The Kier molecular flexibility index (Phi) is 7.15. The van der Waals surface area contributed by atoms with Crippen LogP contribution in [0.1, 0.15) is 12.5 Å². The minimum atomic E-state index is -5.08. The third-order valence-corrected chi connectivity index (χ3v) is 5.50. The SMILES string of the molecule is CCc1ccccc1-n1c(N2CCNCC2)nc2c1c(=O)n(C)c(=O)n2C.O=C(O)C(F)(F)F. The number of halogens is 3. The highest BCUT2D eigenvalue weighted by Crippen LogP contribution is 2.27. The lowest BCUT2D eigenvalue weighted by Gasteiger charge is -2.29. The van der Waals surface area contributed by atoms with Gasteiger partial charge < -0.3 is 15.3 Å². The molecular weight excluding hydrogens is 457 g/mol. The average molecular weight is 482 g/mol. The molecule has 10 nitrogen and oxygen atoms in total. The molecule has 0 saturated carbocycles. The molecule has 2 aromatic heterocycles. The van der Waals surface area contributed by atoms with Crippen LogP contribution in [0.2, 0.25) is 0 Å². The van der Waals surface area contributed by atoms with Crippen molar-refractivity contribution in [2.75, 3.05) is 31.1 Å². The number of hydrogen-bond donors (Lipinski definition) is 2. The highest BCUT2D eigenvalue weighted by molar-refractivity contribution is 5.78. The highest BCUT2D eigenvalue weighted by Gasteiger charge is 2.38. The molecule has 0 radical (unpaired) electrons. The van der Waals surface area contributed by atoms with Crippen LogP contribution in [-0.4, -0.2) is 62.1 Å². The summed E-state index contributed by atoms with van der Waals surface area (Å²) in [6, 6.07) is 8.04. The van der Waals surface area contributed by atoms with Crippen molar-refractivity contribution in [3.05, 3.63) is 50.7 Å². The van der Waals surface area contributed by atoms with E-state index < -0.39 is 12.1 Å². The van der Waals surface area contributed by atoms with Gasteiger partial charge in [-0.05, 0) is 18.1 Å². The number of carboxylic acids is 1. The van der Waals surface area contributed by atoms with Crippen molar-refractivity contribution in [1.29, 1.82) is 0 Å². The van der Waals surface area contributed by atoms with Gasteiger partial charge >= 0.3 is 17.8 Å². The van der Waals surface area contributed by atoms with E-state index in [2.05, 4.69) is 23.2 Å². The molecular formula is C21H25F3N6O4. The zero-order valence-electron chi connectivity index (χ0n) is 18.9. The van der Waals surface area contributed by atoms with E-state index in [-0.39, 0.29) is 11.2 Å². The summed E-state index contributed by atoms with van der Waals surface area (Å²) in [6.07, 6.45) is -4.25. The predicted octanol–water partition coefficient (Wildman–Crippen LogP) is 1.03. The van der Waals surface area contributed by atoms with Gasteiger partial charge in [0, 0.05) is 40.3 Å². The molecule has 1 aromatic carbocycles. The fourth-order valence-electron chi connectivity index (χ4n) is 3.72. The van der Waals surface area contributed by atoms with Gasteiger partial charge in [0.2, 0.25) is 5.95 Å². The number of hydrogen-bond acceptors (Lipinski definition) is 6. The number of aromatic nitrogens is 4. The van der Waals surface area contributed by atoms with Gasteiger partial charge in [0.1, 0.15) is 0 Å². The number of nitrogens with zero attached hydrogens (tertiary/aromatic N) is 5. The van der Waals surface area contributed by atoms with E-state index in [4.69, 9.17) is 14.9 Å². The monoisotopic (exact) mass is 482 g/mol. The lowest BCUT2D eigenvalue weighted by atomic mass is 10.1. The largest absolute Gasteiger partial charge is 0.490 e. The molecule has 0 spiro atoms. The Morgan fingerprint density at radius 1 is 1.12 bits per heavy atom. The van der Waals surface area contributed by atoms with Crippen LogP contribution in [0.15, 0.2) is 33.9 Å². The fourth-order valence-corrected chi connectivity index (χ4v) is 3.72. The maximum Gasteiger partial charge on any atom is 0.490 e. The number of aryl methyl sites for hydroxylation is 2. The first-order chi connectivity index (χ1) is 16.0. The number of nitrogens with one attached hydrogen (secondary N) is 1. The molecule has 3 heterocycles. The zero-order chi connectivity index (χ0) is 25.2. The van der Waals surface area contributed by atoms with Gasteiger partial charge in [-0.15, -0.1) is 0 Å². The summed E-state index contributed by atoms with van der Waals surface area (Å²) in [7, 11) is 3.17. The maximum atomic E-state index is 13.0. The van der Waals surface area contributed by atoms with Crippen molar-refractivity contribution in [3.63, 3.8) is 0 Å². The van der Waals surface area contributed by atoms with E-state index in [1.807, 2.05) is 22.8 Å². The molecule has 4 rings (SSSR count). The summed E-state index contributed by atoms with van der Waals surface area (Å²) in [4.78, 5) is 41.3. The normalized spacial score (nSPS) is 14.1. The van der Waals surface area contributed by atoms with Gasteiger partial charge in [0.25, 0.3) is 5.56 Å². The second-order valence-corrected chi connectivity index (χ2v) is 7.65. The van der Waals surface area contributed by atoms with Gasteiger partial charge in [-0.1, -0.05) is 25.1 Å². The van der Waals surface area contributed by atoms with E-state index in [1.165, 1.54) is 11.6 Å². The molecule has 0 unspecified atom stereocenters. The Morgan fingerprint density at radius 3 is 2.26 bits per heavy atom. The second-order valence-electron chi connectivity index (χ2n) is 7.65. The van der Waals surface area contributed by atoms with Gasteiger partial charge in [-0.25, -0.2) is 9.59 Å². The van der Waals surface area contributed by atoms with E-state index in [1.54, 1.807) is 7.05 Å². The molecule has 0 amide bonds. The van der Waals surface area contributed by atoms with Crippen LogP contribution < -0.4 is 21.5 Å². The second kappa shape index (κ2) is 9.71. The van der Waals surface area contributed by atoms with Crippen LogP contribution in [0.4, 0.5) is 19.1 Å². The van der Waals surface area contributed by atoms with Crippen LogP contribution >= 0.6 is 0 Å². The number of alkyl halides is 3. The van der Waals surface area contributed by atoms with Crippen molar-refractivity contribution in [2.24, 2.45) is 14.1 Å². The number of carboxylic acid groups (broad SMARTS) is 1. The van der Waals surface area contributed by atoms with Gasteiger partial charge in [0.15, 0.2) is 11.2 Å². The van der Waals surface area contributed by atoms with Crippen LogP contribution in [-0.2, 0) is 25.3 Å². The number of fused-ring (bicyclic) bond motifs is 1. The summed E-state index contributed by atoms with van der Waals surface area (Å²) in [5.41, 5.74) is 2.23. The summed E-state index contributed by atoms with van der Waals surface area (Å²) < 4.78 is 36.3. The number of rotatable bonds is 3. The van der Waals surface area contributed by atoms with Crippen LogP contribution in [0.5, 0.6) is 0 Å². The first-order valence-electron chi connectivity index (χ1n) is 10.5. The maximum absolute atomic E-state index is 13.0.